The van der Waals surface area contributed by atoms with Gasteiger partial charge in [0.1, 0.15) is 54.8 Å². The van der Waals surface area contributed by atoms with Crippen LogP contribution in [0.5, 0.6) is 0 Å². The van der Waals surface area contributed by atoms with Crippen LogP contribution in [0.2, 0.25) is 0 Å². The van der Waals surface area contributed by atoms with Crippen LogP contribution in [-0.2, 0) is 23.7 Å². The topological polar surface area (TPSA) is 218 Å². The molecule has 3 amide bonds. The average Bonchev–Trinajstić information content (AvgIpc) is 4.06. The molecular weight excluding hydrogens is 936 g/mol. The second-order valence-electron chi connectivity index (χ2n) is 16.7. The Morgan fingerprint density at radius 3 is 1.27 bits per heavy atom. The van der Waals surface area contributed by atoms with Crippen molar-refractivity contribution in [3.8, 4) is 0 Å². The van der Waals surface area contributed by atoms with Crippen LogP contribution in [0.3, 0.4) is 0 Å². The number of hydrazone groups is 3. The fraction of sp³-hybridized carbons (Fsp3) is 0.457. The number of hydrogen-bond donors (Lipinski definition) is 2. The van der Waals surface area contributed by atoms with E-state index in [1.165, 1.54) is 40.0 Å². The number of nitrogens with two attached hydrogens (primary N) is 1. The summed E-state index contributed by atoms with van der Waals surface area (Å²) >= 11 is 0. The molecule has 9 rings (SSSR count). The molecule has 0 unspecified atom stereocenters. The van der Waals surface area contributed by atoms with E-state index in [1.807, 2.05) is 21.1 Å². The molecule has 0 aromatic heterocycles. The van der Waals surface area contributed by atoms with Crippen LogP contribution in [0, 0.1) is 17.5 Å². The highest BCUT2D eigenvalue weighted by molar-refractivity contribution is 5.92. The summed E-state index contributed by atoms with van der Waals surface area (Å²) in [5.41, 5.74) is 8.04. The van der Waals surface area contributed by atoms with Crippen molar-refractivity contribution in [1.29, 1.82) is 0 Å². The van der Waals surface area contributed by atoms with E-state index in [2.05, 4.69) is 20.0 Å². The van der Waals surface area contributed by atoms with Gasteiger partial charge < -0.3 is 44.5 Å². The number of rotatable bonds is 11. The molecule has 384 valence electrons. The molecule has 3 aromatic rings. The highest BCUT2D eigenvalue weighted by Crippen LogP contribution is 2.31. The maximum absolute atomic E-state index is 14.6. The predicted octanol–water partition coefficient (Wildman–Crippen LogP) is 4.08. The Labute approximate surface area is 409 Å². The van der Waals surface area contributed by atoms with Crippen molar-refractivity contribution in [3.63, 3.8) is 0 Å². The Balaban J connectivity index is 0.000000174. The first-order valence-corrected chi connectivity index (χ1v) is 22.4. The second-order valence-corrected chi connectivity index (χ2v) is 16.7. The molecule has 3 aromatic carbocycles. The van der Waals surface area contributed by atoms with Gasteiger partial charge in [-0.15, -0.1) is 0 Å². The molecule has 3 N–H and O–H groups in total. The number of anilines is 6. The third-order valence-electron chi connectivity index (χ3n) is 11.8. The largest absolute Gasteiger partial charge is 0.469 e. The maximum Gasteiger partial charge on any atom is 0.414 e. The van der Waals surface area contributed by atoms with Crippen molar-refractivity contribution >= 4 is 77.4 Å². The first-order valence-electron chi connectivity index (χ1n) is 22.4. The van der Waals surface area contributed by atoms with Gasteiger partial charge in [-0.25, -0.2) is 27.6 Å². The second kappa shape index (κ2) is 23.9. The molecular formula is C46H60F3N13O9. The van der Waals surface area contributed by atoms with Crippen molar-refractivity contribution in [3.05, 3.63) is 72.0 Å². The van der Waals surface area contributed by atoms with Gasteiger partial charge in [-0.1, -0.05) is 7.43 Å². The number of amides is 3. The van der Waals surface area contributed by atoms with Crippen LogP contribution in [-0.4, -0.2) is 182 Å². The standard InChI is InChI=1S/C17H21FN4O4.C14H18FN5O2.C14H17FN4O3.CH4/c1-20-7-8-21(11-19-20)15-5-3-12(9-14(15)18)22-10-13(26-17(22)24)4-6-16(23)25-2;1-18-4-5-19(9-17-18)13-3-2-10(6-12(13)15)20-8-11(7-16)22-14(20)21;1-17-4-5-18(9-16-17)13-3-2-10(6-12(13)15)19-7-11(8-20)22-14(19)21;/h3,5,9,11,13H,4,6-8,10H2,1-2H3;2-3,6,9,11H,4-5,7-8,16H2,1H3;2-3,6,9,11,20H,4-5,7-8H2,1H3;1H4/t13-;2*11-;/m001./s1. The summed E-state index contributed by atoms with van der Waals surface area (Å²) < 4.78 is 63.1. The van der Waals surface area contributed by atoms with Crippen LogP contribution in [0.25, 0.3) is 0 Å². The molecule has 3 saturated heterocycles. The van der Waals surface area contributed by atoms with E-state index in [4.69, 9.17) is 25.1 Å². The minimum atomic E-state index is -0.577. The van der Waals surface area contributed by atoms with E-state index in [1.54, 1.807) is 85.1 Å². The van der Waals surface area contributed by atoms with Crippen molar-refractivity contribution < 1.29 is 56.4 Å². The van der Waals surface area contributed by atoms with Crippen molar-refractivity contribution in [2.75, 3.05) is 130 Å². The molecule has 6 aliphatic heterocycles. The number of likely N-dealkylation sites (N-methyl/N-ethyl adjacent to an activating group) is 3. The highest BCUT2D eigenvalue weighted by Gasteiger charge is 2.35. The molecule has 6 aliphatic rings. The lowest BCUT2D eigenvalue weighted by Gasteiger charge is -2.28. The van der Waals surface area contributed by atoms with E-state index >= 15 is 0 Å². The lowest BCUT2D eigenvalue weighted by Crippen LogP contribution is -2.36. The van der Waals surface area contributed by atoms with Crippen molar-refractivity contribution in [1.82, 2.24) is 15.0 Å². The average molecular weight is 996 g/mol. The molecule has 3 atom stereocenters. The first kappa shape index (κ1) is 52.8. The fourth-order valence-corrected chi connectivity index (χ4v) is 7.74. The minimum Gasteiger partial charge on any atom is -0.469 e. The lowest BCUT2D eigenvalue weighted by molar-refractivity contribution is -0.141. The number of aliphatic hydroxyl groups is 1. The molecule has 71 heavy (non-hydrogen) atoms. The number of methoxy groups -OCH3 is 1. The summed E-state index contributed by atoms with van der Waals surface area (Å²) in [6, 6.07) is 13.9. The monoisotopic (exact) mass is 995 g/mol. The van der Waals surface area contributed by atoms with Gasteiger partial charge in [0.25, 0.3) is 0 Å². The molecule has 0 spiro atoms. The summed E-state index contributed by atoms with van der Waals surface area (Å²) in [4.78, 5) is 56.0. The molecule has 0 bridgehead atoms. The Morgan fingerprint density at radius 1 is 0.620 bits per heavy atom. The summed E-state index contributed by atoms with van der Waals surface area (Å²) in [5.74, 6) is -1.64. The van der Waals surface area contributed by atoms with Gasteiger partial charge in [-0.3, -0.25) is 34.5 Å². The quantitative estimate of drug-likeness (QED) is 0.204. The number of benzene rings is 3. The highest BCUT2D eigenvalue weighted by atomic mass is 19.1. The maximum atomic E-state index is 14.6. The van der Waals surface area contributed by atoms with Crippen LogP contribution in [0.15, 0.2) is 69.9 Å². The van der Waals surface area contributed by atoms with E-state index in [9.17, 15) is 32.3 Å². The number of nitrogens with zero attached hydrogens (tertiary/aromatic N) is 12. The summed E-state index contributed by atoms with van der Waals surface area (Å²) in [7, 11) is 6.87. The van der Waals surface area contributed by atoms with Crippen molar-refractivity contribution in [2.24, 2.45) is 21.0 Å². The molecule has 25 heteroatoms. The van der Waals surface area contributed by atoms with Gasteiger partial charge in [-0.05, 0) is 61.0 Å². The Kier molecular flexibility index (Phi) is 17.7. The summed E-state index contributed by atoms with van der Waals surface area (Å²) in [5, 5.41) is 26.8. The zero-order valence-electron chi connectivity index (χ0n) is 39.1. The number of cyclic esters (lactones) is 3. The Hall–Kier alpha value is -7.54. The molecule has 3 fully saturated rings. The number of esters is 1. The van der Waals surface area contributed by atoms with Gasteiger partial charge in [0.2, 0.25) is 0 Å². The minimum absolute atomic E-state index is 0. The predicted molar refractivity (Wildman–Crippen MR) is 262 cm³/mol. The Morgan fingerprint density at radius 2 is 0.972 bits per heavy atom. The summed E-state index contributed by atoms with van der Waals surface area (Å²) in [6.07, 6.45) is 2.32. The fourth-order valence-electron chi connectivity index (χ4n) is 7.74. The van der Waals surface area contributed by atoms with Crippen LogP contribution in [0.1, 0.15) is 20.3 Å². The van der Waals surface area contributed by atoms with Crippen molar-refractivity contribution in [2.45, 2.75) is 38.6 Å². The van der Waals surface area contributed by atoms with Crippen LogP contribution >= 0.6 is 0 Å². The van der Waals surface area contributed by atoms with Gasteiger partial charge >= 0.3 is 24.2 Å². The number of halogens is 3. The van der Waals surface area contributed by atoms with Gasteiger partial charge in [-0.2, -0.15) is 15.3 Å². The van der Waals surface area contributed by atoms with E-state index in [-0.39, 0.29) is 52.2 Å². The van der Waals surface area contributed by atoms with E-state index in [0.29, 0.717) is 86.4 Å². The third-order valence-corrected chi connectivity index (χ3v) is 11.8. The summed E-state index contributed by atoms with van der Waals surface area (Å²) in [6.45, 7) is 4.84. The Bertz CT molecular complexity index is 2370. The molecule has 0 aliphatic carbocycles. The molecule has 6 heterocycles. The number of hydrogen-bond acceptors (Lipinski definition) is 19. The van der Waals surface area contributed by atoms with Gasteiger partial charge in [0.15, 0.2) is 0 Å². The number of carbonyl (C=O) groups is 4. The first-order chi connectivity index (χ1) is 33.6. The molecule has 22 nitrogen and oxygen atoms in total. The zero-order chi connectivity index (χ0) is 50.1. The van der Waals surface area contributed by atoms with Crippen LogP contribution < -0.4 is 35.1 Å². The van der Waals surface area contributed by atoms with Gasteiger partial charge in [0.05, 0.1) is 87.1 Å². The van der Waals surface area contributed by atoms with Gasteiger partial charge in [0, 0.05) is 53.7 Å². The van der Waals surface area contributed by atoms with E-state index in [0.717, 1.165) is 0 Å². The van der Waals surface area contributed by atoms with E-state index < -0.39 is 47.9 Å². The third kappa shape index (κ3) is 13.0. The molecule has 0 saturated carbocycles. The number of carbonyl (C=O) groups excluding carboxylic acids is 4. The lowest BCUT2D eigenvalue weighted by atomic mass is 10.2. The zero-order valence-corrected chi connectivity index (χ0v) is 39.1. The molecule has 0 radical (unpaired) electrons. The SMILES string of the molecule is C.CN1CCN(c2ccc(N3C[C@H](CN)OC3=O)cc2F)C=N1.CN1CCN(c2ccc(N3C[C@H](CO)OC3=O)cc2F)C=N1.COC(=O)CC[C@H]1CN(c2ccc(N3C=NN(C)CC3)c(F)c2)C(=O)O1. The smallest absolute Gasteiger partial charge is 0.414 e. The number of aliphatic hydroxyl groups excluding tert-OH is 1. The number of ether oxygens (including phenoxy) is 4. The normalized spacial score (nSPS) is 20.5. The van der Waals surface area contributed by atoms with Crippen LogP contribution in [0.4, 0.5) is 61.7 Å².